The predicted molar refractivity (Wildman–Crippen MR) is 112 cm³/mol. The van der Waals surface area contributed by atoms with E-state index >= 15 is 0 Å². The molecule has 3 aromatic rings. The average molecular weight is 381 g/mol. The van der Waals surface area contributed by atoms with Gasteiger partial charge in [-0.1, -0.05) is 60.8 Å². The van der Waals surface area contributed by atoms with Gasteiger partial charge in [-0.3, -0.25) is 0 Å². The monoisotopic (exact) mass is 381 g/mol. The standard InChI is InChI=1S/C10H15.C10H13.C5H5.Ti/c1-6-7(2)9(4)10(5)8(6)3;1-2-3-7-10-8-5-4-6-9-10;1-2-4-5-3-1;/h1-5H3;4-5,8-9H,2-3,7H2,1H3;1-5H;/q3*-1;+3. The first-order valence-corrected chi connectivity index (χ1v) is 9.30. The van der Waals surface area contributed by atoms with E-state index < -0.39 is 0 Å². The molecule has 1 heteroatoms. The van der Waals surface area contributed by atoms with Crippen molar-refractivity contribution in [1.29, 1.82) is 0 Å². The van der Waals surface area contributed by atoms with Gasteiger partial charge in [-0.2, -0.15) is 81.9 Å². The van der Waals surface area contributed by atoms with E-state index in [0.717, 1.165) is 0 Å². The van der Waals surface area contributed by atoms with Gasteiger partial charge in [0.25, 0.3) is 0 Å². The van der Waals surface area contributed by atoms with Crippen LogP contribution < -0.4 is 0 Å². The maximum Gasteiger partial charge on any atom is 3.00 e. The van der Waals surface area contributed by atoms with E-state index in [1.165, 1.54) is 52.6 Å². The van der Waals surface area contributed by atoms with Crippen molar-refractivity contribution in [1.82, 2.24) is 0 Å². The molecule has 0 unspecified atom stereocenters. The molecule has 0 aliphatic carbocycles. The maximum atomic E-state index is 3.07. The SMILES string of the molecule is CCCCc1c[c-]ccc1.Cc1c(C)c(C)[c-](C)c1C.[Ti+3].c1cc[cH-]c1. The molecule has 0 bridgehead atoms. The van der Waals surface area contributed by atoms with Crippen LogP contribution in [0.3, 0.4) is 0 Å². The summed E-state index contributed by atoms with van der Waals surface area (Å²) in [5.41, 5.74) is 8.74. The van der Waals surface area contributed by atoms with Crippen molar-refractivity contribution >= 4 is 0 Å². The third kappa shape index (κ3) is 8.34. The van der Waals surface area contributed by atoms with E-state index in [1.54, 1.807) is 0 Å². The molecular weight excluding hydrogens is 348 g/mol. The minimum absolute atomic E-state index is 0. The van der Waals surface area contributed by atoms with Crippen molar-refractivity contribution in [3.63, 3.8) is 0 Å². The van der Waals surface area contributed by atoms with Crippen LogP contribution in [0.15, 0.2) is 54.6 Å². The summed E-state index contributed by atoms with van der Waals surface area (Å²) in [6.07, 6.45) is 3.76. The average Bonchev–Trinajstić information content (AvgIpc) is 3.28. The van der Waals surface area contributed by atoms with Gasteiger partial charge >= 0.3 is 21.7 Å². The Morgan fingerprint density at radius 3 is 1.85 bits per heavy atom. The number of benzene rings is 1. The van der Waals surface area contributed by atoms with E-state index in [1.807, 2.05) is 42.5 Å². The van der Waals surface area contributed by atoms with Crippen molar-refractivity contribution in [3.05, 3.63) is 94.0 Å². The molecule has 0 fully saturated rings. The molecule has 0 saturated carbocycles. The Morgan fingerprint density at radius 1 is 0.962 bits per heavy atom. The van der Waals surface area contributed by atoms with E-state index in [0.29, 0.717) is 0 Å². The number of hydrogen-bond donors (Lipinski definition) is 0. The van der Waals surface area contributed by atoms with Gasteiger partial charge in [0.2, 0.25) is 0 Å². The molecule has 3 rings (SSSR count). The van der Waals surface area contributed by atoms with Gasteiger partial charge in [-0.05, 0) is 0 Å². The minimum Gasteiger partial charge on any atom is -0.214 e. The fourth-order valence-corrected chi connectivity index (χ4v) is 2.69. The van der Waals surface area contributed by atoms with Crippen LogP contribution in [-0.4, -0.2) is 0 Å². The number of hydrogen-bond acceptors (Lipinski definition) is 0. The molecule has 0 atom stereocenters. The van der Waals surface area contributed by atoms with Crippen molar-refractivity contribution in [2.45, 2.75) is 60.8 Å². The fourth-order valence-electron chi connectivity index (χ4n) is 2.69. The predicted octanol–water partition coefficient (Wildman–Crippen LogP) is 7.18. The summed E-state index contributed by atoms with van der Waals surface area (Å²) in [4.78, 5) is 0. The van der Waals surface area contributed by atoms with Gasteiger partial charge in [-0.15, -0.1) is 0 Å². The Labute approximate surface area is 176 Å². The third-order valence-electron chi connectivity index (χ3n) is 4.96. The van der Waals surface area contributed by atoms with Crippen LogP contribution in [0.1, 0.15) is 53.1 Å². The first-order valence-electron chi connectivity index (χ1n) is 9.30. The summed E-state index contributed by atoms with van der Waals surface area (Å²) in [6.45, 7) is 13.2. The Bertz CT molecular complexity index is 590. The summed E-state index contributed by atoms with van der Waals surface area (Å²) in [5, 5.41) is 0. The minimum atomic E-state index is 0. The number of aryl methyl sites for hydroxylation is 1. The molecule has 0 aliphatic rings. The molecule has 137 valence electrons. The second-order valence-corrected chi connectivity index (χ2v) is 6.60. The van der Waals surface area contributed by atoms with Gasteiger partial charge < -0.3 is 0 Å². The van der Waals surface area contributed by atoms with Crippen LogP contribution in [0, 0.1) is 40.7 Å². The fraction of sp³-hybridized carbons (Fsp3) is 0.360. The van der Waals surface area contributed by atoms with Gasteiger partial charge in [0.05, 0.1) is 0 Å². The molecule has 0 aliphatic heterocycles. The summed E-state index contributed by atoms with van der Waals surface area (Å²) >= 11 is 0. The summed E-state index contributed by atoms with van der Waals surface area (Å²) in [6, 6.07) is 21.3. The van der Waals surface area contributed by atoms with Gasteiger partial charge in [0, 0.05) is 0 Å². The first-order chi connectivity index (χ1) is 12.0. The molecule has 0 amide bonds. The van der Waals surface area contributed by atoms with E-state index in [4.69, 9.17) is 0 Å². The summed E-state index contributed by atoms with van der Waals surface area (Å²) in [7, 11) is 0. The molecule has 0 saturated heterocycles. The zero-order chi connectivity index (χ0) is 18.7. The van der Waals surface area contributed by atoms with Crippen molar-refractivity contribution in [3.8, 4) is 0 Å². The van der Waals surface area contributed by atoms with Gasteiger partial charge in [-0.25, -0.2) is 12.1 Å². The van der Waals surface area contributed by atoms with Crippen LogP contribution in [0.25, 0.3) is 0 Å². The quantitative estimate of drug-likeness (QED) is 0.333. The van der Waals surface area contributed by atoms with Gasteiger partial charge in [0.1, 0.15) is 0 Å². The van der Waals surface area contributed by atoms with E-state index in [2.05, 4.69) is 59.7 Å². The largest absolute Gasteiger partial charge is 3.00 e. The smallest absolute Gasteiger partial charge is 0.214 e. The molecule has 0 aromatic heterocycles. The Kier molecular flexibility index (Phi) is 13.1. The van der Waals surface area contributed by atoms with Crippen molar-refractivity contribution in [2.24, 2.45) is 0 Å². The first kappa shape index (κ1) is 24.6. The second-order valence-electron chi connectivity index (χ2n) is 6.60. The van der Waals surface area contributed by atoms with Crippen molar-refractivity contribution < 1.29 is 21.7 Å². The molecule has 0 spiro atoms. The van der Waals surface area contributed by atoms with Crippen LogP contribution in [0.5, 0.6) is 0 Å². The molecule has 0 heterocycles. The van der Waals surface area contributed by atoms with Crippen LogP contribution in [0.4, 0.5) is 0 Å². The molecule has 3 aromatic carbocycles. The second kappa shape index (κ2) is 13.8. The zero-order valence-electron chi connectivity index (χ0n) is 17.3. The number of unbranched alkanes of at least 4 members (excludes halogenated alkanes) is 1. The molecule has 0 N–H and O–H groups in total. The molecule has 0 nitrogen and oxygen atoms in total. The van der Waals surface area contributed by atoms with Crippen LogP contribution >= 0.6 is 0 Å². The Morgan fingerprint density at radius 2 is 1.54 bits per heavy atom. The summed E-state index contributed by atoms with van der Waals surface area (Å²) < 4.78 is 0. The van der Waals surface area contributed by atoms with Crippen LogP contribution in [0.2, 0.25) is 0 Å². The van der Waals surface area contributed by atoms with Crippen LogP contribution in [-0.2, 0) is 28.1 Å². The van der Waals surface area contributed by atoms with E-state index in [9.17, 15) is 0 Å². The normalized spacial score (nSPS) is 9.31. The summed E-state index contributed by atoms with van der Waals surface area (Å²) in [5.74, 6) is 0. The Hall–Kier alpha value is -1.37. The van der Waals surface area contributed by atoms with Crippen molar-refractivity contribution in [2.75, 3.05) is 0 Å². The molecular formula is C25H33Ti. The number of rotatable bonds is 3. The zero-order valence-corrected chi connectivity index (χ0v) is 18.9. The Balaban J connectivity index is 0.000000372. The molecule has 26 heavy (non-hydrogen) atoms. The van der Waals surface area contributed by atoms with E-state index in [-0.39, 0.29) is 21.7 Å². The van der Waals surface area contributed by atoms with Gasteiger partial charge in [0.15, 0.2) is 0 Å². The molecule has 1 radical (unpaired) electrons. The maximum absolute atomic E-state index is 3.07. The third-order valence-corrected chi connectivity index (χ3v) is 4.96. The topological polar surface area (TPSA) is 0 Å².